The van der Waals surface area contributed by atoms with E-state index < -0.39 is 0 Å². The second-order valence-electron chi connectivity index (χ2n) is 3.65. The van der Waals surface area contributed by atoms with Crippen LogP contribution in [-0.2, 0) is 11.2 Å². The molecule has 1 N–H and O–H groups in total. The Morgan fingerprint density at radius 1 is 1.60 bits per heavy atom. The molecule has 2 nitrogen and oxygen atoms in total. The van der Waals surface area contributed by atoms with E-state index in [0.29, 0.717) is 0 Å². The molecule has 0 unspecified atom stereocenters. The van der Waals surface area contributed by atoms with E-state index in [1.165, 1.54) is 17.2 Å². The summed E-state index contributed by atoms with van der Waals surface area (Å²) in [6, 6.07) is 6.37. The first-order chi connectivity index (χ1) is 7.20. The van der Waals surface area contributed by atoms with Gasteiger partial charge in [0.25, 0.3) is 0 Å². The van der Waals surface area contributed by atoms with Gasteiger partial charge in [-0.2, -0.15) is 0 Å². The molecule has 0 spiro atoms. The number of amides is 1. The number of halogens is 1. The van der Waals surface area contributed by atoms with E-state index in [0.717, 1.165) is 17.3 Å². The molecule has 0 saturated carbocycles. The third-order valence-electron chi connectivity index (χ3n) is 2.69. The minimum absolute atomic E-state index is 0.104. The zero-order valence-corrected chi connectivity index (χ0v) is 9.88. The van der Waals surface area contributed by atoms with Gasteiger partial charge in [0.15, 0.2) is 0 Å². The summed E-state index contributed by atoms with van der Waals surface area (Å²) in [5.41, 5.74) is 2.55. The average molecular weight is 266 g/mol. The summed E-state index contributed by atoms with van der Waals surface area (Å²) >= 11 is 3.44. The number of fused-ring (bicyclic) bond motifs is 1. The molecule has 1 amide bonds. The normalized spacial score (nSPS) is 18.3. The maximum Gasteiger partial charge on any atom is 0.243 e. The smallest absolute Gasteiger partial charge is 0.243 e. The van der Waals surface area contributed by atoms with Crippen molar-refractivity contribution in [3.05, 3.63) is 46.5 Å². The van der Waals surface area contributed by atoms with Crippen LogP contribution >= 0.6 is 15.9 Å². The summed E-state index contributed by atoms with van der Waals surface area (Å²) < 4.78 is 1.06. The Kier molecular flexibility index (Phi) is 2.91. The number of benzene rings is 1. The van der Waals surface area contributed by atoms with Crippen LogP contribution in [0.25, 0.3) is 0 Å². The zero-order valence-electron chi connectivity index (χ0n) is 8.29. The fourth-order valence-corrected chi connectivity index (χ4v) is 2.33. The van der Waals surface area contributed by atoms with Crippen molar-refractivity contribution in [3.63, 3.8) is 0 Å². The van der Waals surface area contributed by atoms with E-state index in [9.17, 15) is 4.79 Å². The summed E-state index contributed by atoms with van der Waals surface area (Å²) in [7, 11) is 0. The topological polar surface area (TPSA) is 29.1 Å². The first-order valence-electron chi connectivity index (χ1n) is 4.92. The van der Waals surface area contributed by atoms with Gasteiger partial charge in [0.2, 0.25) is 5.91 Å². The molecule has 3 heteroatoms. The van der Waals surface area contributed by atoms with Crippen molar-refractivity contribution in [3.8, 4) is 0 Å². The minimum atomic E-state index is -0.104. The zero-order chi connectivity index (χ0) is 10.8. The largest absolute Gasteiger partial charge is 0.346 e. The second-order valence-corrected chi connectivity index (χ2v) is 4.56. The number of aryl methyl sites for hydroxylation is 1. The van der Waals surface area contributed by atoms with Crippen LogP contribution in [0.3, 0.4) is 0 Å². The van der Waals surface area contributed by atoms with Gasteiger partial charge in [0.05, 0.1) is 6.04 Å². The van der Waals surface area contributed by atoms with E-state index in [2.05, 4.69) is 40.0 Å². The number of carbonyl (C=O) groups is 1. The van der Waals surface area contributed by atoms with Gasteiger partial charge in [0.1, 0.15) is 0 Å². The molecular formula is C12H12BrNO. The van der Waals surface area contributed by atoms with Gasteiger partial charge in [-0.25, -0.2) is 0 Å². The molecule has 15 heavy (non-hydrogen) atoms. The van der Waals surface area contributed by atoms with E-state index in [1.807, 2.05) is 6.07 Å². The number of hydrogen-bond donors (Lipinski definition) is 1. The van der Waals surface area contributed by atoms with Crippen LogP contribution in [0.1, 0.15) is 23.6 Å². The Morgan fingerprint density at radius 2 is 2.40 bits per heavy atom. The molecule has 0 radical (unpaired) electrons. The molecule has 0 fully saturated rings. The first kappa shape index (κ1) is 10.4. The van der Waals surface area contributed by atoms with Gasteiger partial charge in [-0.1, -0.05) is 28.6 Å². The molecule has 0 aliphatic heterocycles. The number of nitrogens with one attached hydrogen (secondary N) is 1. The third-order valence-corrected chi connectivity index (χ3v) is 3.18. The molecule has 1 aliphatic carbocycles. The molecule has 0 saturated heterocycles. The Morgan fingerprint density at radius 3 is 3.13 bits per heavy atom. The maximum atomic E-state index is 11.2. The van der Waals surface area contributed by atoms with Gasteiger partial charge < -0.3 is 5.32 Å². The molecule has 78 valence electrons. The van der Waals surface area contributed by atoms with Crippen molar-refractivity contribution >= 4 is 21.8 Å². The highest BCUT2D eigenvalue weighted by molar-refractivity contribution is 9.10. The lowest BCUT2D eigenvalue weighted by Crippen LogP contribution is -2.24. The average Bonchev–Trinajstić information content (AvgIpc) is 2.61. The standard InChI is InChI=1S/C12H12BrNO/c1-2-12(15)14-11-6-4-8-3-5-9(13)7-10(8)11/h2-3,5,7,11H,1,4,6H2,(H,14,15)/t11-/m0/s1. The molecule has 0 aromatic heterocycles. The fraction of sp³-hybridized carbons (Fsp3) is 0.250. The van der Waals surface area contributed by atoms with Crippen LogP contribution in [0.5, 0.6) is 0 Å². The van der Waals surface area contributed by atoms with Crippen LogP contribution in [0, 0.1) is 0 Å². The monoisotopic (exact) mass is 265 g/mol. The van der Waals surface area contributed by atoms with Crippen LogP contribution in [-0.4, -0.2) is 5.91 Å². The quantitative estimate of drug-likeness (QED) is 0.819. The van der Waals surface area contributed by atoms with Crippen LogP contribution in [0.4, 0.5) is 0 Å². The third kappa shape index (κ3) is 2.12. The van der Waals surface area contributed by atoms with Crippen molar-refractivity contribution < 1.29 is 4.79 Å². The molecule has 1 aromatic carbocycles. The maximum absolute atomic E-state index is 11.2. The van der Waals surface area contributed by atoms with E-state index in [1.54, 1.807) is 0 Å². The van der Waals surface area contributed by atoms with Crippen molar-refractivity contribution in [2.75, 3.05) is 0 Å². The summed E-state index contributed by atoms with van der Waals surface area (Å²) in [4.78, 5) is 11.2. The summed E-state index contributed by atoms with van der Waals surface area (Å²) in [6.07, 6.45) is 3.33. The summed E-state index contributed by atoms with van der Waals surface area (Å²) in [5.74, 6) is -0.104. The van der Waals surface area contributed by atoms with Crippen LogP contribution in [0.15, 0.2) is 35.3 Å². The van der Waals surface area contributed by atoms with Gasteiger partial charge in [-0.15, -0.1) is 0 Å². The Labute approximate surface area is 97.5 Å². The SMILES string of the molecule is C=CC(=O)N[C@H]1CCc2ccc(Br)cc21. The minimum Gasteiger partial charge on any atom is -0.346 e. The van der Waals surface area contributed by atoms with Gasteiger partial charge in [-0.05, 0) is 42.2 Å². The van der Waals surface area contributed by atoms with Crippen LogP contribution < -0.4 is 5.32 Å². The molecule has 1 aliphatic rings. The van der Waals surface area contributed by atoms with Crippen molar-refractivity contribution in [1.29, 1.82) is 0 Å². The van der Waals surface area contributed by atoms with Gasteiger partial charge in [-0.3, -0.25) is 4.79 Å². The highest BCUT2D eigenvalue weighted by Gasteiger charge is 2.23. The summed E-state index contributed by atoms with van der Waals surface area (Å²) in [5, 5.41) is 2.93. The predicted octanol–water partition coefficient (Wildman–Crippen LogP) is 2.74. The highest BCUT2D eigenvalue weighted by Crippen LogP contribution is 2.32. The van der Waals surface area contributed by atoms with Crippen LogP contribution in [0.2, 0.25) is 0 Å². The van der Waals surface area contributed by atoms with Gasteiger partial charge in [0, 0.05) is 4.47 Å². The molecule has 1 atom stereocenters. The van der Waals surface area contributed by atoms with Crippen molar-refractivity contribution in [2.45, 2.75) is 18.9 Å². The Balaban J connectivity index is 2.23. The first-order valence-corrected chi connectivity index (χ1v) is 5.71. The molecular weight excluding hydrogens is 254 g/mol. The lowest BCUT2D eigenvalue weighted by molar-refractivity contribution is -0.117. The highest BCUT2D eigenvalue weighted by atomic mass is 79.9. The Hall–Kier alpha value is -1.09. The Bertz CT molecular complexity index is 414. The van der Waals surface area contributed by atoms with Gasteiger partial charge >= 0.3 is 0 Å². The number of rotatable bonds is 2. The van der Waals surface area contributed by atoms with E-state index in [4.69, 9.17) is 0 Å². The number of hydrogen-bond acceptors (Lipinski definition) is 1. The van der Waals surface area contributed by atoms with Crippen molar-refractivity contribution in [1.82, 2.24) is 5.32 Å². The lowest BCUT2D eigenvalue weighted by atomic mass is 10.1. The van der Waals surface area contributed by atoms with E-state index >= 15 is 0 Å². The lowest BCUT2D eigenvalue weighted by Gasteiger charge is -2.12. The molecule has 2 rings (SSSR count). The van der Waals surface area contributed by atoms with E-state index in [-0.39, 0.29) is 11.9 Å². The molecule has 0 bridgehead atoms. The molecule has 1 aromatic rings. The van der Waals surface area contributed by atoms with Crippen molar-refractivity contribution in [2.24, 2.45) is 0 Å². The predicted molar refractivity (Wildman–Crippen MR) is 63.5 cm³/mol. The molecule has 0 heterocycles. The second kappa shape index (κ2) is 4.19. The fourth-order valence-electron chi connectivity index (χ4n) is 1.95. The number of carbonyl (C=O) groups excluding carboxylic acids is 1. The summed E-state index contributed by atoms with van der Waals surface area (Å²) in [6.45, 7) is 3.45.